The van der Waals surface area contributed by atoms with Crippen molar-refractivity contribution in [1.29, 1.82) is 0 Å². The minimum Gasteiger partial charge on any atom is -0.376 e. The maximum atomic E-state index is 14.1. The SMILES string of the molecule is O=C(Cn1c(=O)n(CC2CCCO2)c(=O)c2ccc(C(=O)NCCc3ccccc3)cc21)Nc1ccccc1F. The van der Waals surface area contributed by atoms with Crippen LogP contribution in [-0.4, -0.2) is 40.2 Å². The average Bonchev–Trinajstić information content (AvgIpc) is 3.48. The zero-order valence-electron chi connectivity index (χ0n) is 21.8. The summed E-state index contributed by atoms with van der Waals surface area (Å²) in [6.45, 7) is 0.496. The van der Waals surface area contributed by atoms with Crippen LogP contribution in [0.1, 0.15) is 28.8 Å². The zero-order chi connectivity index (χ0) is 28.1. The van der Waals surface area contributed by atoms with Crippen LogP contribution in [0.3, 0.4) is 0 Å². The number of fused-ring (bicyclic) bond motifs is 1. The molecule has 2 N–H and O–H groups in total. The molecule has 1 atom stereocenters. The van der Waals surface area contributed by atoms with E-state index in [9.17, 15) is 23.6 Å². The number of hydrogen-bond acceptors (Lipinski definition) is 5. The summed E-state index contributed by atoms with van der Waals surface area (Å²) >= 11 is 0. The first-order valence-corrected chi connectivity index (χ1v) is 13.2. The van der Waals surface area contributed by atoms with E-state index in [4.69, 9.17) is 4.74 Å². The van der Waals surface area contributed by atoms with Gasteiger partial charge in [-0.05, 0) is 55.2 Å². The Morgan fingerprint density at radius 2 is 1.75 bits per heavy atom. The number of rotatable bonds is 9. The molecule has 4 aromatic rings. The monoisotopic (exact) mass is 544 g/mol. The van der Waals surface area contributed by atoms with Crippen molar-refractivity contribution in [2.75, 3.05) is 18.5 Å². The highest BCUT2D eigenvalue weighted by atomic mass is 19.1. The Labute approximate surface area is 229 Å². The molecule has 5 rings (SSSR count). The zero-order valence-corrected chi connectivity index (χ0v) is 21.8. The topological polar surface area (TPSA) is 111 Å². The summed E-state index contributed by atoms with van der Waals surface area (Å²) in [6.07, 6.45) is 1.88. The fraction of sp³-hybridized carbons (Fsp3) is 0.267. The fourth-order valence-electron chi connectivity index (χ4n) is 4.83. The molecule has 3 aromatic carbocycles. The predicted molar refractivity (Wildman–Crippen MR) is 149 cm³/mol. The average molecular weight is 545 g/mol. The van der Waals surface area contributed by atoms with Crippen LogP contribution in [-0.2, 0) is 29.0 Å². The van der Waals surface area contributed by atoms with Crippen LogP contribution >= 0.6 is 0 Å². The number of aromatic nitrogens is 2. The van der Waals surface area contributed by atoms with Gasteiger partial charge in [0.2, 0.25) is 5.91 Å². The van der Waals surface area contributed by atoms with Gasteiger partial charge in [-0.2, -0.15) is 0 Å². The Morgan fingerprint density at radius 3 is 2.50 bits per heavy atom. The molecule has 0 aliphatic carbocycles. The number of halogens is 1. The number of para-hydroxylation sites is 1. The lowest BCUT2D eigenvalue weighted by molar-refractivity contribution is -0.116. The number of anilines is 1. The quantitative estimate of drug-likeness (QED) is 0.337. The molecule has 1 saturated heterocycles. The van der Waals surface area contributed by atoms with Gasteiger partial charge in [-0.15, -0.1) is 0 Å². The number of ether oxygens (including phenoxy) is 1. The van der Waals surface area contributed by atoms with Crippen LogP contribution < -0.4 is 21.9 Å². The van der Waals surface area contributed by atoms with E-state index in [2.05, 4.69) is 10.6 Å². The van der Waals surface area contributed by atoms with E-state index >= 15 is 0 Å². The molecule has 206 valence electrons. The van der Waals surface area contributed by atoms with E-state index in [1.165, 1.54) is 36.4 Å². The van der Waals surface area contributed by atoms with Gasteiger partial charge in [-0.3, -0.25) is 23.5 Å². The maximum Gasteiger partial charge on any atom is 0.332 e. The van der Waals surface area contributed by atoms with Crippen molar-refractivity contribution in [3.05, 3.63) is 111 Å². The Bertz CT molecular complexity index is 1660. The smallest absolute Gasteiger partial charge is 0.332 e. The molecule has 0 radical (unpaired) electrons. The highest BCUT2D eigenvalue weighted by molar-refractivity contribution is 5.98. The van der Waals surface area contributed by atoms with Gasteiger partial charge in [0.15, 0.2) is 0 Å². The third-order valence-electron chi connectivity index (χ3n) is 6.89. The molecular weight excluding hydrogens is 515 g/mol. The molecule has 1 aromatic heterocycles. The van der Waals surface area contributed by atoms with Crippen molar-refractivity contribution >= 4 is 28.4 Å². The molecule has 0 saturated carbocycles. The van der Waals surface area contributed by atoms with Crippen LogP contribution in [0.15, 0.2) is 82.4 Å². The Hall–Kier alpha value is -4.57. The van der Waals surface area contributed by atoms with Crippen LogP contribution in [0.4, 0.5) is 10.1 Å². The molecule has 1 aliphatic rings. The summed E-state index contributed by atoms with van der Waals surface area (Å²) in [6, 6.07) is 19.8. The molecule has 1 fully saturated rings. The number of nitrogens with zero attached hydrogens (tertiary/aromatic N) is 2. The molecule has 40 heavy (non-hydrogen) atoms. The van der Waals surface area contributed by atoms with E-state index in [0.29, 0.717) is 26.0 Å². The molecular formula is C30H29FN4O5. The van der Waals surface area contributed by atoms with E-state index in [-0.39, 0.29) is 40.7 Å². The van der Waals surface area contributed by atoms with Crippen molar-refractivity contribution in [3.8, 4) is 0 Å². The summed E-state index contributed by atoms with van der Waals surface area (Å²) in [5, 5.41) is 5.50. The van der Waals surface area contributed by atoms with Crippen molar-refractivity contribution < 1.29 is 18.7 Å². The second-order valence-corrected chi connectivity index (χ2v) is 9.67. The lowest BCUT2D eigenvalue weighted by Crippen LogP contribution is -2.43. The Kier molecular flexibility index (Phi) is 8.16. The second-order valence-electron chi connectivity index (χ2n) is 9.67. The van der Waals surface area contributed by atoms with Gasteiger partial charge in [-0.25, -0.2) is 9.18 Å². The van der Waals surface area contributed by atoms with Gasteiger partial charge >= 0.3 is 5.69 Å². The van der Waals surface area contributed by atoms with Gasteiger partial charge < -0.3 is 15.4 Å². The van der Waals surface area contributed by atoms with E-state index in [1.807, 2.05) is 30.3 Å². The van der Waals surface area contributed by atoms with Crippen molar-refractivity contribution in [1.82, 2.24) is 14.5 Å². The van der Waals surface area contributed by atoms with E-state index < -0.39 is 29.5 Å². The van der Waals surface area contributed by atoms with Gasteiger partial charge in [0.05, 0.1) is 29.2 Å². The standard InChI is InChI=1S/C30H29FN4O5/c31-24-10-4-5-11-25(24)33-27(36)19-34-26-17-21(28(37)32-15-14-20-7-2-1-3-8-20)12-13-23(26)29(38)35(30(34)39)18-22-9-6-16-40-22/h1-5,7-8,10-13,17,22H,6,9,14-16,18-19H2,(H,32,37)(H,33,36). The maximum absolute atomic E-state index is 14.1. The van der Waals surface area contributed by atoms with Crippen LogP contribution in [0.2, 0.25) is 0 Å². The van der Waals surface area contributed by atoms with Gasteiger partial charge in [-0.1, -0.05) is 42.5 Å². The third-order valence-corrected chi connectivity index (χ3v) is 6.89. The number of carbonyl (C=O) groups excluding carboxylic acids is 2. The molecule has 9 nitrogen and oxygen atoms in total. The molecule has 10 heteroatoms. The van der Waals surface area contributed by atoms with Crippen LogP contribution in [0.25, 0.3) is 10.9 Å². The predicted octanol–water partition coefficient (Wildman–Crippen LogP) is 3.09. The van der Waals surface area contributed by atoms with Crippen LogP contribution in [0, 0.1) is 5.82 Å². The fourth-order valence-corrected chi connectivity index (χ4v) is 4.83. The molecule has 1 unspecified atom stereocenters. The summed E-state index contributed by atoms with van der Waals surface area (Å²) < 4.78 is 22.0. The van der Waals surface area contributed by atoms with Crippen molar-refractivity contribution in [2.24, 2.45) is 0 Å². The van der Waals surface area contributed by atoms with Gasteiger partial charge in [0.1, 0.15) is 12.4 Å². The van der Waals surface area contributed by atoms with Crippen LogP contribution in [0.5, 0.6) is 0 Å². The lowest BCUT2D eigenvalue weighted by atomic mass is 10.1. The number of hydrogen-bond donors (Lipinski definition) is 2. The summed E-state index contributed by atoms with van der Waals surface area (Å²) in [5.41, 5.74) is 0.173. The number of amides is 2. The van der Waals surface area contributed by atoms with Crippen molar-refractivity contribution in [3.63, 3.8) is 0 Å². The molecule has 2 amide bonds. The van der Waals surface area contributed by atoms with Gasteiger partial charge in [0, 0.05) is 18.7 Å². The summed E-state index contributed by atoms with van der Waals surface area (Å²) in [4.78, 5) is 52.8. The van der Waals surface area contributed by atoms with Crippen molar-refractivity contribution in [2.45, 2.75) is 38.5 Å². The first-order valence-electron chi connectivity index (χ1n) is 13.2. The molecule has 0 spiro atoms. The largest absolute Gasteiger partial charge is 0.376 e. The highest BCUT2D eigenvalue weighted by Crippen LogP contribution is 2.16. The molecule has 0 bridgehead atoms. The van der Waals surface area contributed by atoms with E-state index in [0.717, 1.165) is 21.1 Å². The lowest BCUT2D eigenvalue weighted by Gasteiger charge is -2.17. The molecule has 2 heterocycles. The summed E-state index contributed by atoms with van der Waals surface area (Å²) in [7, 11) is 0. The third kappa shape index (κ3) is 6.02. The highest BCUT2D eigenvalue weighted by Gasteiger charge is 2.22. The number of carbonyl (C=O) groups is 2. The van der Waals surface area contributed by atoms with Gasteiger partial charge in [0.25, 0.3) is 11.5 Å². The van der Waals surface area contributed by atoms with E-state index in [1.54, 1.807) is 6.07 Å². The first kappa shape index (κ1) is 27.0. The Balaban J connectivity index is 1.47. The minimum absolute atomic E-state index is 0.0315. The second kappa shape index (κ2) is 12.1. The summed E-state index contributed by atoms with van der Waals surface area (Å²) in [5.74, 6) is -1.66. The Morgan fingerprint density at radius 1 is 0.975 bits per heavy atom. The first-order chi connectivity index (χ1) is 19.4. The normalized spacial score (nSPS) is 14.8. The number of benzene rings is 3. The minimum atomic E-state index is -0.710. The number of nitrogens with one attached hydrogen (secondary N) is 2. The molecule has 1 aliphatic heterocycles.